The van der Waals surface area contributed by atoms with E-state index in [9.17, 15) is 14.4 Å². The van der Waals surface area contributed by atoms with Crippen LogP contribution >= 0.6 is 7.60 Å². The van der Waals surface area contributed by atoms with E-state index in [1.54, 1.807) is 6.92 Å². The van der Waals surface area contributed by atoms with Crippen LogP contribution in [0.2, 0.25) is 0 Å². The van der Waals surface area contributed by atoms with Crippen LogP contribution in [0.5, 0.6) is 11.5 Å². The van der Waals surface area contributed by atoms with Gasteiger partial charge in [-0.15, -0.1) is 0 Å². The lowest BCUT2D eigenvalue weighted by molar-refractivity contribution is 0.112. The fourth-order valence-electron chi connectivity index (χ4n) is 4.66. The maximum atomic E-state index is 11.4. The number of allylic oxidation sites excluding steroid dienone is 1. The van der Waals surface area contributed by atoms with Gasteiger partial charge in [-0.05, 0) is 88.5 Å². The maximum absolute atomic E-state index is 11.4. The molecule has 1 heterocycles. The molecule has 3 unspecified atom stereocenters. The topological polar surface area (TPSA) is 76.0 Å². The first-order chi connectivity index (χ1) is 15.2. The van der Waals surface area contributed by atoms with Gasteiger partial charge in [-0.2, -0.15) is 0 Å². The summed E-state index contributed by atoms with van der Waals surface area (Å²) in [6.07, 6.45) is 10.4. The summed E-state index contributed by atoms with van der Waals surface area (Å²) in [6, 6.07) is 0. The highest BCUT2D eigenvalue weighted by atomic mass is 31.2. The Labute approximate surface area is 201 Å². The van der Waals surface area contributed by atoms with Crippen molar-refractivity contribution < 1.29 is 23.8 Å². The van der Waals surface area contributed by atoms with Gasteiger partial charge < -0.3 is 19.3 Å². The van der Waals surface area contributed by atoms with Gasteiger partial charge in [0.25, 0.3) is 0 Å². The molecule has 0 fully saturated rings. The molecule has 33 heavy (non-hydrogen) atoms. The summed E-state index contributed by atoms with van der Waals surface area (Å²) in [6.45, 7) is 16.8. The Hall–Kier alpha value is -1.29. The zero-order valence-corrected chi connectivity index (χ0v) is 22.8. The van der Waals surface area contributed by atoms with E-state index in [-0.39, 0.29) is 11.8 Å². The Balaban J connectivity index is 2.13. The molecule has 3 atom stereocenters. The molecule has 0 aromatic heterocycles. The molecule has 0 bridgehead atoms. The molecule has 0 amide bonds. The molecule has 188 valence electrons. The van der Waals surface area contributed by atoms with Crippen molar-refractivity contribution in [2.75, 3.05) is 6.16 Å². The molecule has 2 rings (SSSR count). The Morgan fingerprint density at radius 2 is 1.76 bits per heavy atom. The van der Waals surface area contributed by atoms with Crippen LogP contribution in [0.25, 0.3) is 0 Å². The molecule has 0 aliphatic carbocycles. The second-order valence-corrected chi connectivity index (χ2v) is 12.5. The minimum atomic E-state index is -4.13. The highest BCUT2D eigenvalue weighted by Gasteiger charge is 2.33. The van der Waals surface area contributed by atoms with Crippen molar-refractivity contribution in [1.82, 2.24) is 0 Å². The van der Waals surface area contributed by atoms with E-state index in [2.05, 4.69) is 39.8 Å². The van der Waals surface area contributed by atoms with E-state index in [1.807, 2.05) is 20.8 Å². The predicted molar refractivity (Wildman–Crippen MR) is 137 cm³/mol. The summed E-state index contributed by atoms with van der Waals surface area (Å²) < 4.78 is 24.0. The molecule has 1 aliphatic rings. The van der Waals surface area contributed by atoms with E-state index < -0.39 is 13.7 Å². The van der Waals surface area contributed by atoms with Crippen molar-refractivity contribution in [1.29, 1.82) is 0 Å². The van der Waals surface area contributed by atoms with Gasteiger partial charge in [0, 0.05) is 5.56 Å². The summed E-state index contributed by atoms with van der Waals surface area (Å²) in [5, 5.41) is 0. The van der Waals surface area contributed by atoms with Crippen LogP contribution < -0.4 is 9.47 Å². The number of rotatable bonds is 11. The quantitative estimate of drug-likeness (QED) is 0.262. The average molecular weight is 481 g/mol. The SMILES string of the molecule is Cc1c(C)c2c(c(C)c1OC(C)CP(=O)(O)O)CCC(C)(C=CCC(C)CCCC(C)C)O2. The van der Waals surface area contributed by atoms with Gasteiger partial charge in [-0.25, -0.2) is 0 Å². The van der Waals surface area contributed by atoms with Crippen molar-refractivity contribution in [3.63, 3.8) is 0 Å². The van der Waals surface area contributed by atoms with Gasteiger partial charge in [0.1, 0.15) is 23.2 Å². The molecule has 0 saturated heterocycles. The number of ether oxygens (including phenoxy) is 2. The number of hydrogen-bond acceptors (Lipinski definition) is 3. The van der Waals surface area contributed by atoms with Crippen LogP contribution in [0.1, 0.15) is 89.0 Å². The number of benzene rings is 1. The van der Waals surface area contributed by atoms with Crippen molar-refractivity contribution >= 4 is 7.60 Å². The van der Waals surface area contributed by atoms with Crippen molar-refractivity contribution in [3.8, 4) is 11.5 Å². The highest BCUT2D eigenvalue weighted by Crippen LogP contribution is 2.45. The lowest BCUT2D eigenvalue weighted by Crippen LogP contribution is -2.35. The van der Waals surface area contributed by atoms with Crippen molar-refractivity contribution in [2.24, 2.45) is 11.8 Å². The molecule has 0 radical (unpaired) electrons. The van der Waals surface area contributed by atoms with Gasteiger partial charge in [-0.1, -0.05) is 46.1 Å². The highest BCUT2D eigenvalue weighted by molar-refractivity contribution is 7.51. The zero-order valence-electron chi connectivity index (χ0n) is 21.9. The summed E-state index contributed by atoms with van der Waals surface area (Å²) >= 11 is 0. The molecule has 5 nitrogen and oxygen atoms in total. The van der Waals surface area contributed by atoms with Crippen LogP contribution in [-0.2, 0) is 11.0 Å². The lowest BCUT2D eigenvalue weighted by Gasteiger charge is -2.36. The van der Waals surface area contributed by atoms with Crippen LogP contribution in [0, 0.1) is 32.6 Å². The van der Waals surface area contributed by atoms with E-state index in [4.69, 9.17) is 9.47 Å². The Morgan fingerprint density at radius 1 is 1.09 bits per heavy atom. The van der Waals surface area contributed by atoms with Gasteiger partial charge in [-0.3, -0.25) is 4.57 Å². The minimum Gasteiger partial charge on any atom is -0.489 e. The molecule has 2 N–H and O–H groups in total. The fourth-order valence-corrected chi connectivity index (χ4v) is 5.41. The maximum Gasteiger partial charge on any atom is 0.329 e. The van der Waals surface area contributed by atoms with Crippen molar-refractivity contribution in [3.05, 3.63) is 34.4 Å². The van der Waals surface area contributed by atoms with E-state index >= 15 is 0 Å². The second kappa shape index (κ2) is 11.4. The summed E-state index contributed by atoms with van der Waals surface area (Å²) in [5.41, 5.74) is 3.83. The predicted octanol–water partition coefficient (Wildman–Crippen LogP) is 7.05. The van der Waals surface area contributed by atoms with Gasteiger partial charge in [0.15, 0.2) is 0 Å². The fraction of sp³-hybridized carbons (Fsp3) is 0.704. The van der Waals surface area contributed by atoms with E-state index in [0.29, 0.717) is 5.92 Å². The molecular formula is C27H45O5P. The molecule has 1 aromatic rings. The molecular weight excluding hydrogens is 435 g/mol. The Morgan fingerprint density at radius 3 is 2.36 bits per heavy atom. The first kappa shape index (κ1) is 28.0. The smallest absolute Gasteiger partial charge is 0.329 e. The zero-order chi connectivity index (χ0) is 25.0. The first-order valence-corrected chi connectivity index (χ1v) is 14.2. The van der Waals surface area contributed by atoms with Crippen molar-refractivity contribution in [2.45, 2.75) is 106 Å². The molecule has 0 spiro atoms. The first-order valence-electron chi connectivity index (χ1n) is 12.4. The number of fused-ring (bicyclic) bond motifs is 1. The normalized spacial score (nSPS) is 20.6. The van der Waals surface area contributed by atoms with Gasteiger partial charge in [0.05, 0.1) is 6.16 Å². The summed E-state index contributed by atoms with van der Waals surface area (Å²) in [4.78, 5) is 18.6. The third kappa shape index (κ3) is 8.16. The Kier molecular flexibility index (Phi) is 9.68. The van der Waals surface area contributed by atoms with E-state index in [1.165, 1.54) is 19.3 Å². The third-order valence-electron chi connectivity index (χ3n) is 6.82. The largest absolute Gasteiger partial charge is 0.489 e. The van der Waals surface area contributed by atoms with Crippen LogP contribution in [0.3, 0.4) is 0 Å². The summed E-state index contributed by atoms with van der Waals surface area (Å²) in [7, 11) is -4.13. The molecule has 0 saturated carbocycles. The van der Waals surface area contributed by atoms with Crippen LogP contribution in [-0.4, -0.2) is 27.7 Å². The monoisotopic (exact) mass is 480 g/mol. The van der Waals surface area contributed by atoms with Crippen LogP contribution in [0.4, 0.5) is 0 Å². The standard InChI is InChI=1S/C27H45O5P/c1-18(2)11-9-12-19(3)13-10-15-27(8)16-14-24-23(7)25(21(5)22(6)26(24)32-27)31-20(4)17-33(28,29)30/h10,15,18-20H,9,11-14,16-17H2,1-8H3,(H2,28,29,30). The average Bonchev–Trinajstić information content (AvgIpc) is 2.68. The van der Waals surface area contributed by atoms with E-state index in [0.717, 1.165) is 58.9 Å². The molecule has 1 aliphatic heterocycles. The lowest BCUT2D eigenvalue weighted by atomic mass is 9.86. The van der Waals surface area contributed by atoms with Gasteiger partial charge >= 0.3 is 7.60 Å². The Bertz CT molecular complexity index is 885. The second-order valence-electron chi connectivity index (χ2n) is 10.8. The van der Waals surface area contributed by atoms with Gasteiger partial charge in [0.2, 0.25) is 0 Å². The number of hydrogen-bond donors (Lipinski definition) is 2. The minimum absolute atomic E-state index is 0.294. The third-order valence-corrected chi connectivity index (χ3v) is 7.81. The summed E-state index contributed by atoms with van der Waals surface area (Å²) in [5.74, 6) is 3.12. The molecule has 6 heteroatoms. The molecule has 1 aromatic carbocycles. The van der Waals surface area contributed by atoms with Crippen LogP contribution in [0.15, 0.2) is 12.2 Å².